The molecule has 2 aromatic rings. The van der Waals surface area contributed by atoms with Crippen LogP contribution in [-0.4, -0.2) is 58.8 Å². The number of halogens is 1. The van der Waals surface area contributed by atoms with Crippen molar-refractivity contribution in [3.8, 4) is 0 Å². The number of thiophene rings is 1. The van der Waals surface area contributed by atoms with E-state index in [2.05, 4.69) is 23.3 Å². The van der Waals surface area contributed by atoms with Crippen LogP contribution in [0.5, 0.6) is 0 Å². The van der Waals surface area contributed by atoms with Gasteiger partial charge in [-0.2, -0.15) is 0 Å². The Hall–Kier alpha value is -2.04. The number of amides is 2. The SMILES string of the molecule is CN/C(=C\S)[C@H]1CCCN1C(=O)[C@H](O)C(O)C(=O)NCc1cc(Cc2ccccc2Cl)cs1. The van der Waals surface area contributed by atoms with Crippen LogP contribution in [0.15, 0.2) is 46.8 Å². The summed E-state index contributed by atoms with van der Waals surface area (Å²) < 4.78 is 0. The molecule has 1 unspecified atom stereocenters. The number of likely N-dealkylation sites (N-methyl/N-ethyl adjacent to an activating group) is 1. The van der Waals surface area contributed by atoms with E-state index in [0.717, 1.165) is 28.1 Å². The zero-order valence-electron chi connectivity index (χ0n) is 18.2. The second-order valence-electron chi connectivity index (χ2n) is 7.82. The lowest BCUT2D eigenvalue weighted by Crippen LogP contribution is -2.52. The first-order valence-electron chi connectivity index (χ1n) is 10.6. The van der Waals surface area contributed by atoms with Crippen molar-refractivity contribution >= 4 is 47.4 Å². The number of carbonyl (C=O) groups is 2. The lowest BCUT2D eigenvalue weighted by Gasteiger charge is -2.29. The van der Waals surface area contributed by atoms with Crippen molar-refractivity contribution in [1.29, 1.82) is 0 Å². The lowest BCUT2D eigenvalue weighted by atomic mass is 10.1. The summed E-state index contributed by atoms with van der Waals surface area (Å²) in [6.45, 7) is 0.619. The fourth-order valence-electron chi connectivity index (χ4n) is 3.87. The van der Waals surface area contributed by atoms with E-state index in [1.165, 1.54) is 16.2 Å². The Morgan fingerprint density at radius 3 is 2.79 bits per heavy atom. The first-order chi connectivity index (χ1) is 15.8. The Balaban J connectivity index is 1.54. The number of aliphatic hydroxyl groups is 2. The molecule has 7 nitrogen and oxygen atoms in total. The van der Waals surface area contributed by atoms with Crippen molar-refractivity contribution in [2.75, 3.05) is 13.6 Å². The van der Waals surface area contributed by atoms with Gasteiger partial charge in [-0.1, -0.05) is 29.8 Å². The van der Waals surface area contributed by atoms with E-state index in [1.807, 2.05) is 35.7 Å². The maximum absolute atomic E-state index is 12.8. The number of rotatable bonds is 9. The zero-order chi connectivity index (χ0) is 24.0. The molecule has 1 aromatic carbocycles. The van der Waals surface area contributed by atoms with Crippen LogP contribution < -0.4 is 10.6 Å². The highest BCUT2D eigenvalue weighted by molar-refractivity contribution is 7.83. The Labute approximate surface area is 207 Å². The second kappa shape index (κ2) is 11.9. The molecule has 0 spiro atoms. The van der Waals surface area contributed by atoms with Crippen molar-refractivity contribution in [3.63, 3.8) is 0 Å². The van der Waals surface area contributed by atoms with Gasteiger partial charge in [-0.25, -0.2) is 0 Å². The number of benzene rings is 1. The van der Waals surface area contributed by atoms with Crippen molar-refractivity contribution in [1.82, 2.24) is 15.5 Å². The normalized spacial score (nSPS) is 18.2. The van der Waals surface area contributed by atoms with Crippen molar-refractivity contribution < 1.29 is 19.8 Å². The van der Waals surface area contributed by atoms with Crippen molar-refractivity contribution in [3.05, 3.63) is 67.8 Å². The molecule has 178 valence electrons. The maximum atomic E-state index is 12.8. The lowest BCUT2D eigenvalue weighted by molar-refractivity contribution is -0.153. The Bertz CT molecular complexity index is 1010. The number of aliphatic hydroxyl groups excluding tert-OH is 2. The smallest absolute Gasteiger partial charge is 0.255 e. The molecule has 1 saturated heterocycles. The van der Waals surface area contributed by atoms with Gasteiger partial charge in [0, 0.05) is 29.2 Å². The third kappa shape index (κ3) is 6.30. The van der Waals surface area contributed by atoms with E-state index in [9.17, 15) is 19.8 Å². The van der Waals surface area contributed by atoms with E-state index in [-0.39, 0.29) is 12.6 Å². The van der Waals surface area contributed by atoms with Crippen LogP contribution in [0.1, 0.15) is 28.8 Å². The van der Waals surface area contributed by atoms with Crippen LogP contribution >= 0.6 is 35.6 Å². The summed E-state index contributed by atoms with van der Waals surface area (Å²) in [5.41, 5.74) is 2.81. The van der Waals surface area contributed by atoms with Gasteiger partial charge in [0.2, 0.25) is 0 Å². The van der Waals surface area contributed by atoms with Crippen LogP contribution in [0, 0.1) is 0 Å². The molecule has 0 bridgehead atoms. The first kappa shape index (κ1) is 25.6. The monoisotopic (exact) mass is 509 g/mol. The first-order valence-corrected chi connectivity index (χ1v) is 12.4. The highest BCUT2D eigenvalue weighted by Gasteiger charge is 2.38. The molecule has 1 fully saturated rings. The predicted molar refractivity (Wildman–Crippen MR) is 133 cm³/mol. The van der Waals surface area contributed by atoms with Crippen LogP contribution in [0.3, 0.4) is 0 Å². The standard InChI is InChI=1S/C23H28ClN3O4S2/c1-25-18(12-32)19-7-4-8-27(19)23(31)21(29)20(28)22(30)26-11-16-10-14(13-33-16)9-15-5-2-3-6-17(15)24/h2-3,5-6,10,12-13,19-21,25,28-29,32H,4,7-9,11H2,1H3,(H,26,30)/b18-12-/t19-,20?,21-/m1/s1. The summed E-state index contributed by atoms with van der Waals surface area (Å²) in [4.78, 5) is 27.5. The van der Waals surface area contributed by atoms with E-state index in [0.29, 0.717) is 24.4 Å². The molecule has 3 atom stereocenters. The minimum Gasteiger partial charge on any atom is -0.389 e. The molecule has 1 aromatic heterocycles. The summed E-state index contributed by atoms with van der Waals surface area (Å²) >= 11 is 11.8. The van der Waals surface area contributed by atoms with Gasteiger partial charge in [-0.15, -0.1) is 24.0 Å². The third-order valence-electron chi connectivity index (χ3n) is 5.64. The average molecular weight is 510 g/mol. The number of likely N-dealkylation sites (tertiary alicyclic amines) is 1. The molecule has 3 rings (SSSR count). The van der Waals surface area contributed by atoms with Crippen LogP contribution in [0.2, 0.25) is 5.02 Å². The molecule has 1 aliphatic rings. The van der Waals surface area contributed by atoms with Gasteiger partial charge in [-0.3, -0.25) is 9.59 Å². The third-order valence-corrected chi connectivity index (χ3v) is 7.27. The fourth-order valence-corrected chi connectivity index (χ4v) is 5.20. The van der Waals surface area contributed by atoms with Crippen LogP contribution in [0.4, 0.5) is 0 Å². The number of nitrogens with zero attached hydrogens (tertiary/aromatic N) is 1. The quantitative estimate of drug-likeness (QED) is 0.334. The Kier molecular flexibility index (Phi) is 9.22. The molecule has 0 saturated carbocycles. The number of thiol groups is 1. The highest BCUT2D eigenvalue weighted by atomic mass is 35.5. The van der Waals surface area contributed by atoms with Crippen molar-refractivity contribution in [2.24, 2.45) is 0 Å². The maximum Gasteiger partial charge on any atom is 0.255 e. The summed E-state index contributed by atoms with van der Waals surface area (Å²) in [6, 6.07) is 9.31. The minimum absolute atomic E-state index is 0.183. The predicted octanol–water partition coefficient (Wildman–Crippen LogP) is 2.31. The molecule has 2 amide bonds. The average Bonchev–Trinajstić information content (AvgIpc) is 3.48. The molecule has 10 heteroatoms. The fraction of sp³-hybridized carbons (Fsp3) is 0.391. The summed E-state index contributed by atoms with van der Waals surface area (Å²) in [6.07, 6.45) is -1.57. The molecule has 33 heavy (non-hydrogen) atoms. The van der Waals surface area contributed by atoms with Gasteiger partial charge in [0.1, 0.15) is 0 Å². The van der Waals surface area contributed by atoms with Crippen molar-refractivity contribution in [2.45, 2.75) is 44.1 Å². The number of carbonyl (C=O) groups excluding carboxylic acids is 2. The van der Waals surface area contributed by atoms with Gasteiger partial charge in [-0.05, 0) is 53.3 Å². The van der Waals surface area contributed by atoms with E-state index >= 15 is 0 Å². The van der Waals surface area contributed by atoms with Gasteiger partial charge in [0.05, 0.1) is 12.6 Å². The number of hydrogen-bond donors (Lipinski definition) is 5. The van der Waals surface area contributed by atoms with E-state index in [4.69, 9.17) is 11.6 Å². The van der Waals surface area contributed by atoms with Gasteiger partial charge >= 0.3 is 0 Å². The minimum atomic E-state index is -1.86. The van der Waals surface area contributed by atoms with Gasteiger partial charge in [0.15, 0.2) is 12.2 Å². The molecular weight excluding hydrogens is 482 g/mol. The van der Waals surface area contributed by atoms with Gasteiger partial charge in [0.25, 0.3) is 11.8 Å². The Morgan fingerprint density at radius 2 is 2.09 bits per heavy atom. The molecule has 0 radical (unpaired) electrons. The highest BCUT2D eigenvalue weighted by Crippen LogP contribution is 2.25. The number of hydrogen-bond acceptors (Lipinski definition) is 7. The van der Waals surface area contributed by atoms with Gasteiger partial charge < -0.3 is 25.7 Å². The second-order valence-corrected chi connectivity index (χ2v) is 9.48. The largest absolute Gasteiger partial charge is 0.389 e. The Morgan fingerprint density at radius 1 is 1.33 bits per heavy atom. The summed E-state index contributed by atoms with van der Waals surface area (Å²) in [5.74, 6) is -1.48. The summed E-state index contributed by atoms with van der Waals surface area (Å²) in [7, 11) is 1.73. The molecule has 0 aliphatic carbocycles. The van der Waals surface area contributed by atoms with E-state index in [1.54, 1.807) is 12.5 Å². The molecule has 4 N–H and O–H groups in total. The topological polar surface area (TPSA) is 102 Å². The van der Waals surface area contributed by atoms with Crippen LogP contribution in [0.25, 0.3) is 0 Å². The van der Waals surface area contributed by atoms with Crippen LogP contribution in [-0.2, 0) is 22.6 Å². The summed E-state index contributed by atoms with van der Waals surface area (Å²) in [5, 5.41) is 30.5. The molecule has 2 heterocycles. The number of nitrogens with one attached hydrogen (secondary N) is 2. The molecule has 1 aliphatic heterocycles. The zero-order valence-corrected chi connectivity index (χ0v) is 20.7. The molecular formula is C23H28ClN3O4S2. The van der Waals surface area contributed by atoms with E-state index < -0.39 is 24.0 Å².